The van der Waals surface area contributed by atoms with E-state index in [4.69, 9.17) is 12.2 Å². The van der Waals surface area contributed by atoms with Gasteiger partial charge in [0.1, 0.15) is 18.1 Å². The van der Waals surface area contributed by atoms with E-state index < -0.39 is 47.4 Å². The van der Waals surface area contributed by atoms with E-state index in [0.717, 1.165) is 6.42 Å². The van der Waals surface area contributed by atoms with Gasteiger partial charge in [0.05, 0.1) is 11.1 Å². The molecule has 2 aliphatic heterocycles. The lowest BCUT2D eigenvalue weighted by atomic mass is 9.85. The molecule has 0 aromatic heterocycles. The van der Waals surface area contributed by atoms with Crippen LogP contribution in [0.1, 0.15) is 47.5 Å². The molecule has 2 saturated heterocycles. The molecule has 1 aliphatic carbocycles. The maximum Gasteiger partial charge on any atom is 0.471 e. The van der Waals surface area contributed by atoms with E-state index in [0.29, 0.717) is 18.0 Å². The molecule has 3 N–H and O–H groups in total. The van der Waals surface area contributed by atoms with Gasteiger partial charge in [-0.3, -0.25) is 14.4 Å². The smallest absolute Gasteiger partial charge is 0.379 e. The van der Waals surface area contributed by atoms with Crippen molar-refractivity contribution in [2.24, 2.45) is 28.6 Å². The second-order valence-electron chi connectivity index (χ2n) is 11.4. The fourth-order valence-corrected chi connectivity index (χ4v) is 5.71. The highest BCUT2D eigenvalue weighted by Gasteiger charge is 2.70. The number of carbonyl (C=O) groups excluding carboxylic acids is 3. The molecular formula is C23H32F3N5O3S. The van der Waals surface area contributed by atoms with Crippen LogP contribution >= 0.6 is 12.2 Å². The molecule has 0 bridgehead atoms. The molecule has 0 radical (unpaired) electrons. The number of hydrogen-bond donors (Lipinski definition) is 3. The van der Waals surface area contributed by atoms with E-state index in [2.05, 4.69) is 16.7 Å². The average Bonchev–Trinajstić information content (AvgIpc) is 3.10. The van der Waals surface area contributed by atoms with Gasteiger partial charge in [0.15, 0.2) is 0 Å². The van der Waals surface area contributed by atoms with Crippen molar-refractivity contribution in [3.8, 4) is 6.07 Å². The highest BCUT2D eigenvalue weighted by Crippen LogP contribution is 2.65. The van der Waals surface area contributed by atoms with Crippen molar-refractivity contribution in [2.75, 3.05) is 13.1 Å². The van der Waals surface area contributed by atoms with E-state index in [9.17, 15) is 32.8 Å². The highest BCUT2D eigenvalue weighted by atomic mass is 32.1. The third-order valence-corrected chi connectivity index (χ3v) is 8.04. The molecule has 3 fully saturated rings. The van der Waals surface area contributed by atoms with Crippen LogP contribution in [0.2, 0.25) is 0 Å². The van der Waals surface area contributed by atoms with Crippen molar-refractivity contribution in [1.82, 2.24) is 20.9 Å². The molecule has 8 nitrogen and oxygen atoms in total. The Morgan fingerprint density at radius 2 is 1.89 bits per heavy atom. The van der Waals surface area contributed by atoms with E-state index in [1.165, 1.54) is 4.90 Å². The van der Waals surface area contributed by atoms with Crippen LogP contribution in [0.3, 0.4) is 0 Å². The van der Waals surface area contributed by atoms with Crippen LogP contribution in [0.5, 0.6) is 0 Å². The zero-order chi connectivity index (χ0) is 26.5. The molecule has 194 valence electrons. The predicted molar refractivity (Wildman–Crippen MR) is 125 cm³/mol. The first-order chi connectivity index (χ1) is 16.0. The quantitative estimate of drug-likeness (QED) is 0.466. The molecule has 6 atom stereocenters. The molecule has 0 unspecified atom stereocenters. The van der Waals surface area contributed by atoms with Crippen molar-refractivity contribution < 1.29 is 27.6 Å². The van der Waals surface area contributed by atoms with Crippen LogP contribution in [0.4, 0.5) is 13.2 Å². The number of alkyl halides is 3. The summed E-state index contributed by atoms with van der Waals surface area (Å²) in [6, 6.07) is -1.17. The number of amides is 3. The number of nitriles is 1. The van der Waals surface area contributed by atoms with Crippen molar-refractivity contribution >= 4 is 34.9 Å². The van der Waals surface area contributed by atoms with Gasteiger partial charge in [-0.05, 0) is 35.5 Å². The summed E-state index contributed by atoms with van der Waals surface area (Å²) in [6.07, 6.45) is -4.06. The van der Waals surface area contributed by atoms with Gasteiger partial charge < -0.3 is 20.9 Å². The van der Waals surface area contributed by atoms with Crippen LogP contribution in [0.15, 0.2) is 0 Å². The summed E-state index contributed by atoms with van der Waals surface area (Å²) in [5.74, 6) is -3.71. The van der Waals surface area contributed by atoms with E-state index >= 15 is 0 Å². The van der Waals surface area contributed by atoms with E-state index in [1.54, 1.807) is 20.8 Å². The summed E-state index contributed by atoms with van der Waals surface area (Å²) in [6.45, 7) is 9.49. The van der Waals surface area contributed by atoms with Crippen LogP contribution in [-0.2, 0) is 14.4 Å². The van der Waals surface area contributed by atoms with Gasteiger partial charge in [0.2, 0.25) is 11.8 Å². The molecule has 0 spiro atoms. The number of carbonyl (C=O) groups is 3. The third-order valence-electron chi connectivity index (χ3n) is 7.56. The molecule has 3 rings (SSSR count). The topological polar surface area (TPSA) is 114 Å². The van der Waals surface area contributed by atoms with Crippen LogP contribution in [-0.4, -0.2) is 65.0 Å². The number of likely N-dealkylation sites (tertiary alicyclic amines) is 1. The number of fused-ring (bicyclic) bond motifs is 1. The Kier molecular flexibility index (Phi) is 7.16. The minimum absolute atomic E-state index is 0.00622. The monoisotopic (exact) mass is 515 g/mol. The molecule has 3 aliphatic rings. The SMILES string of the molecule is CC(C)(C)[C@H](NC(=O)C(F)(F)F)C(=O)N1C[C@H]2[C@@H]([C@H]1C(=O)N[C@H](C#N)C[C@@H]1CCNC1=S)C2(C)C. The van der Waals surface area contributed by atoms with Crippen molar-refractivity contribution in [3.63, 3.8) is 0 Å². The molecule has 2 heterocycles. The van der Waals surface area contributed by atoms with E-state index in [1.807, 2.05) is 19.2 Å². The minimum atomic E-state index is -5.15. The maximum absolute atomic E-state index is 13.5. The zero-order valence-electron chi connectivity index (χ0n) is 20.5. The number of nitrogens with zero attached hydrogens (tertiary/aromatic N) is 2. The summed E-state index contributed by atoms with van der Waals surface area (Å²) in [4.78, 5) is 40.5. The Balaban J connectivity index is 1.81. The Hall–Kier alpha value is -2.42. The number of nitrogens with one attached hydrogen (secondary N) is 3. The lowest BCUT2D eigenvalue weighted by Crippen LogP contribution is -2.61. The van der Waals surface area contributed by atoms with Gasteiger partial charge in [0.25, 0.3) is 0 Å². The van der Waals surface area contributed by atoms with Gasteiger partial charge in [-0.2, -0.15) is 18.4 Å². The molecule has 3 amide bonds. The highest BCUT2D eigenvalue weighted by molar-refractivity contribution is 7.80. The van der Waals surface area contributed by atoms with Gasteiger partial charge in [-0.15, -0.1) is 0 Å². The summed E-state index contributed by atoms with van der Waals surface area (Å²) >= 11 is 5.26. The molecule has 0 aromatic carbocycles. The fourth-order valence-electron chi connectivity index (χ4n) is 5.40. The molecule has 35 heavy (non-hydrogen) atoms. The second-order valence-corrected chi connectivity index (χ2v) is 11.8. The molecule has 0 aromatic rings. The Labute approximate surface area is 208 Å². The van der Waals surface area contributed by atoms with Crippen molar-refractivity contribution in [2.45, 2.75) is 71.8 Å². The Morgan fingerprint density at radius 3 is 2.37 bits per heavy atom. The Morgan fingerprint density at radius 1 is 1.26 bits per heavy atom. The van der Waals surface area contributed by atoms with Crippen LogP contribution in [0.25, 0.3) is 0 Å². The predicted octanol–water partition coefficient (Wildman–Crippen LogP) is 1.90. The van der Waals surface area contributed by atoms with Crippen LogP contribution in [0, 0.1) is 39.9 Å². The minimum Gasteiger partial charge on any atom is -0.379 e. The standard InChI is InChI=1S/C23H32F3N5O3S/c1-21(2,3)16(30-20(34)23(24,25)26)19(33)31-10-13-14(22(13,4)5)15(31)17(32)29-12(9-27)8-11-6-7-28-18(11)35/h11-16H,6-8,10H2,1-5H3,(H,28,35)(H,29,32)(H,30,34)/t11-,12-,13-,14-,15-,16+/m0/s1. The van der Waals surface area contributed by atoms with Crippen LogP contribution < -0.4 is 16.0 Å². The summed E-state index contributed by atoms with van der Waals surface area (Å²) < 4.78 is 38.8. The first-order valence-corrected chi connectivity index (χ1v) is 12.1. The Bertz CT molecular complexity index is 956. The number of halogens is 3. The number of hydrogen-bond acceptors (Lipinski definition) is 5. The number of piperidine rings is 1. The van der Waals surface area contributed by atoms with Gasteiger partial charge in [-0.25, -0.2) is 0 Å². The normalized spacial score (nSPS) is 28.9. The molecular weight excluding hydrogens is 483 g/mol. The third kappa shape index (κ3) is 5.39. The zero-order valence-corrected chi connectivity index (χ0v) is 21.3. The van der Waals surface area contributed by atoms with Crippen molar-refractivity contribution in [3.05, 3.63) is 0 Å². The molecule has 1 saturated carbocycles. The first-order valence-electron chi connectivity index (χ1n) is 11.7. The summed E-state index contributed by atoms with van der Waals surface area (Å²) in [5, 5.41) is 17.2. The van der Waals surface area contributed by atoms with Crippen molar-refractivity contribution in [1.29, 1.82) is 5.26 Å². The van der Waals surface area contributed by atoms with Gasteiger partial charge >= 0.3 is 12.1 Å². The second kappa shape index (κ2) is 9.22. The van der Waals surface area contributed by atoms with Gasteiger partial charge in [-0.1, -0.05) is 46.8 Å². The fraction of sp³-hybridized carbons (Fsp3) is 0.783. The number of rotatable bonds is 6. The summed E-state index contributed by atoms with van der Waals surface area (Å²) in [5.41, 5.74) is -1.27. The lowest BCUT2D eigenvalue weighted by molar-refractivity contribution is -0.176. The largest absolute Gasteiger partial charge is 0.471 e. The van der Waals surface area contributed by atoms with E-state index in [-0.39, 0.29) is 29.7 Å². The lowest BCUT2D eigenvalue weighted by Gasteiger charge is -2.37. The average molecular weight is 516 g/mol. The number of thiocarbonyl (C=S) groups is 1. The summed E-state index contributed by atoms with van der Waals surface area (Å²) in [7, 11) is 0. The maximum atomic E-state index is 13.5. The molecule has 12 heteroatoms. The van der Waals surface area contributed by atoms with Gasteiger partial charge in [0, 0.05) is 19.0 Å². The first kappa shape index (κ1) is 27.2.